The van der Waals surface area contributed by atoms with Gasteiger partial charge in [0.15, 0.2) is 5.82 Å². The Morgan fingerprint density at radius 2 is 2.45 bits per heavy atom. The number of hydrogen-bond acceptors (Lipinski definition) is 5. The summed E-state index contributed by atoms with van der Waals surface area (Å²) in [6.07, 6.45) is 3.99. The summed E-state index contributed by atoms with van der Waals surface area (Å²) >= 11 is 0. The molecule has 2 rings (SSSR count). The van der Waals surface area contributed by atoms with E-state index in [2.05, 4.69) is 10.3 Å². The first-order valence-electron chi connectivity index (χ1n) is 6.62. The molecule has 0 aromatic carbocycles. The van der Waals surface area contributed by atoms with Crippen molar-refractivity contribution in [2.24, 2.45) is 5.41 Å². The number of rotatable bonds is 5. The maximum absolute atomic E-state index is 12.2. The highest BCUT2D eigenvalue weighted by atomic mass is 16.5. The Balaban J connectivity index is 2.24. The SMILES string of the molecule is CCCn1ccnc(NC2COCC2(C)C(=O)O)c1=O. The van der Waals surface area contributed by atoms with Crippen molar-refractivity contribution in [2.75, 3.05) is 18.5 Å². The number of carboxylic acid groups (broad SMARTS) is 1. The average molecular weight is 281 g/mol. The van der Waals surface area contributed by atoms with Crippen LogP contribution in [0.25, 0.3) is 0 Å². The second kappa shape index (κ2) is 5.62. The molecule has 1 saturated heterocycles. The third-order valence-electron chi connectivity index (χ3n) is 3.63. The van der Waals surface area contributed by atoms with Gasteiger partial charge in [0.05, 0.1) is 19.3 Å². The van der Waals surface area contributed by atoms with E-state index in [4.69, 9.17) is 4.74 Å². The van der Waals surface area contributed by atoms with Crippen molar-refractivity contribution in [3.05, 3.63) is 22.7 Å². The smallest absolute Gasteiger partial charge is 0.313 e. The van der Waals surface area contributed by atoms with Crippen LogP contribution in [0.5, 0.6) is 0 Å². The molecule has 1 aliphatic rings. The highest BCUT2D eigenvalue weighted by molar-refractivity contribution is 5.76. The number of carbonyl (C=O) groups is 1. The van der Waals surface area contributed by atoms with E-state index in [1.807, 2.05) is 6.92 Å². The lowest BCUT2D eigenvalue weighted by Gasteiger charge is -2.25. The van der Waals surface area contributed by atoms with Gasteiger partial charge in [-0.05, 0) is 13.3 Å². The molecule has 0 radical (unpaired) electrons. The highest BCUT2D eigenvalue weighted by Gasteiger charge is 2.47. The summed E-state index contributed by atoms with van der Waals surface area (Å²) < 4.78 is 6.80. The monoisotopic (exact) mass is 281 g/mol. The van der Waals surface area contributed by atoms with E-state index in [1.54, 1.807) is 17.7 Å². The Morgan fingerprint density at radius 3 is 3.10 bits per heavy atom. The van der Waals surface area contributed by atoms with Gasteiger partial charge in [-0.3, -0.25) is 9.59 Å². The van der Waals surface area contributed by atoms with Gasteiger partial charge >= 0.3 is 5.97 Å². The van der Waals surface area contributed by atoms with E-state index in [-0.39, 0.29) is 24.6 Å². The summed E-state index contributed by atoms with van der Waals surface area (Å²) in [4.78, 5) is 27.5. The highest BCUT2D eigenvalue weighted by Crippen LogP contribution is 2.30. The quantitative estimate of drug-likeness (QED) is 0.819. The van der Waals surface area contributed by atoms with E-state index in [0.29, 0.717) is 6.54 Å². The normalized spacial score (nSPS) is 25.6. The van der Waals surface area contributed by atoms with Crippen molar-refractivity contribution in [1.82, 2.24) is 9.55 Å². The van der Waals surface area contributed by atoms with Crippen LogP contribution in [0.1, 0.15) is 20.3 Å². The van der Waals surface area contributed by atoms with Crippen LogP contribution in [0, 0.1) is 5.41 Å². The largest absolute Gasteiger partial charge is 0.481 e. The van der Waals surface area contributed by atoms with Crippen LogP contribution in [0.4, 0.5) is 5.82 Å². The lowest BCUT2D eigenvalue weighted by atomic mass is 9.85. The van der Waals surface area contributed by atoms with Crippen molar-refractivity contribution in [3.63, 3.8) is 0 Å². The zero-order chi connectivity index (χ0) is 14.8. The van der Waals surface area contributed by atoms with Crippen molar-refractivity contribution in [3.8, 4) is 0 Å². The summed E-state index contributed by atoms with van der Waals surface area (Å²) in [5.74, 6) is -0.777. The average Bonchev–Trinajstić information content (AvgIpc) is 2.77. The van der Waals surface area contributed by atoms with Crippen molar-refractivity contribution >= 4 is 11.8 Å². The summed E-state index contributed by atoms with van der Waals surface area (Å²) in [6, 6.07) is -0.474. The number of nitrogens with one attached hydrogen (secondary N) is 1. The van der Waals surface area contributed by atoms with E-state index in [0.717, 1.165) is 6.42 Å². The molecule has 2 atom stereocenters. The number of anilines is 1. The molecule has 0 amide bonds. The molecule has 2 unspecified atom stereocenters. The van der Waals surface area contributed by atoms with E-state index in [9.17, 15) is 14.7 Å². The topological polar surface area (TPSA) is 93.4 Å². The molecule has 0 bridgehead atoms. The van der Waals surface area contributed by atoms with Crippen LogP contribution in [0.3, 0.4) is 0 Å². The molecule has 7 heteroatoms. The Labute approximate surface area is 116 Å². The van der Waals surface area contributed by atoms with Crippen LogP contribution in [-0.4, -0.2) is 39.9 Å². The van der Waals surface area contributed by atoms with Gasteiger partial charge in [0.2, 0.25) is 0 Å². The number of carboxylic acids is 1. The van der Waals surface area contributed by atoms with Gasteiger partial charge in [-0.2, -0.15) is 0 Å². The summed E-state index contributed by atoms with van der Waals surface area (Å²) in [7, 11) is 0. The molecule has 110 valence electrons. The molecule has 7 nitrogen and oxygen atoms in total. The molecule has 1 aromatic rings. The number of aromatic nitrogens is 2. The minimum atomic E-state index is -1.06. The standard InChI is InChI=1S/C13H19N3O4/c1-3-5-16-6-4-14-10(11(16)17)15-9-7-20-8-13(9,2)12(18)19/h4,6,9H,3,5,7-8H2,1-2H3,(H,14,15)(H,18,19). The van der Waals surface area contributed by atoms with Gasteiger partial charge in [-0.15, -0.1) is 0 Å². The summed E-state index contributed by atoms with van der Waals surface area (Å²) in [5, 5.41) is 12.2. The second-order valence-electron chi connectivity index (χ2n) is 5.21. The fourth-order valence-electron chi connectivity index (χ4n) is 2.21. The lowest BCUT2D eigenvalue weighted by molar-refractivity contribution is -0.148. The number of ether oxygens (including phenoxy) is 1. The number of aliphatic carboxylic acids is 1. The Morgan fingerprint density at radius 1 is 1.70 bits per heavy atom. The minimum absolute atomic E-state index is 0.121. The first-order valence-corrected chi connectivity index (χ1v) is 6.62. The lowest BCUT2D eigenvalue weighted by Crippen LogP contribution is -2.44. The minimum Gasteiger partial charge on any atom is -0.481 e. The fourth-order valence-corrected chi connectivity index (χ4v) is 2.21. The molecule has 1 aromatic heterocycles. The molecule has 1 fully saturated rings. The molecule has 20 heavy (non-hydrogen) atoms. The third-order valence-corrected chi connectivity index (χ3v) is 3.63. The van der Waals surface area contributed by atoms with Gasteiger partial charge in [0, 0.05) is 18.9 Å². The van der Waals surface area contributed by atoms with E-state index in [1.165, 1.54) is 6.20 Å². The third kappa shape index (κ3) is 2.53. The van der Waals surface area contributed by atoms with Crippen molar-refractivity contribution < 1.29 is 14.6 Å². The maximum atomic E-state index is 12.2. The molecular formula is C13H19N3O4. The van der Waals surface area contributed by atoms with Crippen LogP contribution < -0.4 is 10.9 Å². The Bertz CT molecular complexity index is 557. The summed E-state index contributed by atoms with van der Waals surface area (Å²) in [5.41, 5.74) is -1.30. The first-order chi connectivity index (χ1) is 9.49. The first kappa shape index (κ1) is 14.5. The zero-order valence-electron chi connectivity index (χ0n) is 11.6. The fraction of sp³-hybridized carbons (Fsp3) is 0.615. The van der Waals surface area contributed by atoms with E-state index >= 15 is 0 Å². The zero-order valence-corrected chi connectivity index (χ0v) is 11.6. The van der Waals surface area contributed by atoms with Crippen molar-refractivity contribution in [1.29, 1.82) is 0 Å². The molecule has 0 saturated carbocycles. The Kier molecular flexibility index (Phi) is 4.08. The van der Waals surface area contributed by atoms with Gasteiger partial charge < -0.3 is 19.7 Å². The molecule has 2 heterocycles. The maximum Gasteiger partial charge on any atom is 0.313 e. The molecule has 2 N–H and O–H groups in total. The number of hydrogen-bond donors (Lipinski definition) is 2. The summed E-state index contributed by atoms with van der Waals surface area (Å²) in [6.45, 7) is 4.55. The number of aryl methyl sites for hydroxylation is 1. The second-order valence-corrected chi connectivity index (χ2v) is 5.21. The van der Waals surface area contributed by atoms with Gasteiger partial charge in [-0.25, -0.2) is 4.98 Å². The van der Waals surface area contributed by atoms with Gasteiger partial charge in [0.25, 0.3) is 5.56 Å². The van der Waals surface area contributed by atoms with Crippen molar-refractivity contribution in [2.45, 2.75) is 32.9 Å². The number of nitrogens with zero attached hydrogens (tertiary/aromatic N) is 2. The van der Waals surface area contributed by atoms with Crippen LogP contribution in [0.15, 0.2) is 17.2 Å². The molecular weight excluding hydrogens is 262 g/mol. The van der Waals surface area contributed by atoms with Crippen LogP contribution in [0.2, 0.25) is 0 Å². The van der Waals surface area contributed by atoms with Gasteiger partial charge in [0.1, 0.15) is 5.41 Å². The molecule has 0 aliphatic carbocycles. The predicted octanol–water partition coefficient (Wildman–Crippen LogP) is 0.555. The van der Waals surface area contributed by atoms with Crippen LogP contribution >= 0.6 is 0 Å². The molecule has 1 aliphatic heterocycles. The van der Waals surface area contributed by atoms with Crippen LogP contribution in [-0.2, 0) is 16.1 Å². The predicted molar refractivity (Wildman–Crippen MR) is 72.8 cm³/mol. The Hall–Kier alpha value is -1.89. The van der Waals surface area contributed by atoms with E-state index < -0.39 is 17.4 Å². The molecule has 0 spiro atoms. The van der Waals surface area contributed by atoms with Gasteiger partial charge in [-0.1, -0.05) is 6.92 Å².